The highest BCUT2D eigenvalue weighted by atomic mass is 35.5. The summed E-state index contributed by atoms with van der Waals surface area (Å²) in [6, 6.07) is 6.21. The van der Waals surface area contributed by atoms with E-state index in [2.05, 4.69) is 15.0 Å². The van der Waals surface area contributed by atoms with Gasteiger partial charge in [-0.3, -0.25) is 10.7 Å². The number of hydrogen-bond donors (Lipinski definition) is 2. The maximum Gasteiger partial charge on any atom is 0.347 e. The first kappa shape index (κ1) is 23.6. The maximum absolute atomic E-state index is 12.6. The maximum atomic E-state index is 12.6. The summed E-state index contributed by atoms with van der Waals surface area (Å²) in [6.07, 6.45) is 4.43. The number of benzene rings is 1. The molecule has 0 fully saturated rings. The number of thiazole rings is 1. The van der Waals surface area contributed by atoms with Gasteiger partial charge in [0.05, 0.1) is 21.4 Å². The lowest BCUT2D eigenvalue weighted by molar-refractivity contribution is -0.475. The van der Waals surface area contributed by atoms with Gasteiger partial charge in [-0.2, -0.15) is 0 Å². The van der Waals surface area contributed by atoms with Crippen LogP contribution in [-0.4, -0.2) is 20.8 Å². The first-order valence-electron chi connectivity index (χ1n) is 9.09. The quantitative estimate of drug-likeness (QED) is 0.258. The Bertz CT molecular complexity index is 1450. The van der Waals surface area contributed by atoms with Gasteiger partial charge < -0.3 is 9.15 Å². The molecule has 33 heavy (non-hydrogen) atoms. The van der Waals surface area contributed by atoms with Crippen LogP contribution in [0, 0.1) is 5.41 Å². The lowest BCUT2D eigenvalue weighted by Crippen LogP contribution is -2.75. The van der Waals surface area contributed by atoms with Gasteiger partial charge in [0.15, 0.2) is 4.47 Å². The van der Waals surface area contributed by atoms with Gasteiger partial charge >= 0.3 is 5.63 Å². The zero-order valence-electron chi connectivity index (χ0n) is 16.3. The van der Waals surface area contributed by atoms with Crippen LogP contribution in [0.1, 0.15) is 10.8 Å². The number of aromatic nitrogens is 3. The molecule has 0 atom stereocenters. The van der Waals surface area contributed by atoms with E-state index < -0.39 is 5.63 Å². The van der Waals surface area contributed by atoms with Crippen LogP contribution in [0.3, 0.4) is 0 Å². The largest absolute Gasteiger partial charge is 0.472 e. The molecule has 0 radical (unpaired) electrons. The Labute approximate surface area is 210 Å². The van der Waals surface area contributed by atoms with Crippen LogP contribution in [0.4, 0.5) is 5.82 Å². The van der Waals surface area contributed by atoms with E-state index in [0.717, 1.165) is 4.88 Å². The van der Waals surface area contributed by atoms with Gasteiger partial charge in [-0.25, -0.2) is 19.7 Å². The SMILES string of the molecule is N=C(C=C([NH2+]c1ncccc1Cl)c1nc2c(Cl)cc(Cl)cc2c(=O)o1)OCc1cnc(Cl)s1. The van der Waals surface area contributed by atoms with Crippen molar-refractivity contribution < 1.29 is 14.5 Å². The molecule has 4 aromatic rings. The molecule has 0 saturated heterocycles. The van der Waals surface area contributed by atoms with Gasteiger partial charge in [0.25, 0.3) is 5.89 Å². The molecule has 1 aromatic carbocycles. The molecule has 0 saturated carbocycles. The summed E-state index contributed by atoms with van der Waals surface area (Å²) in [5, 5.41) is 10.7. The molecule has 0 aliphatic carbocycles. The Morgan fingerprint density at radius 2 is 2.03 bits per heavy atom. The fraction of sp³-hybridized carbons (Fsp3) is 0.0500. The van der Waals surface area contributed by atoms with Crippen molar-refractivity contribution in [3.8, 4) is 0 Å². The van der Waals surface area contributed by atoms with Gasteiger partial charge in [-0.1, -0.05) is 46.4 Å². The van der Waals surface area contributed by atoms with Gasteiger partial charge in [-0.05, 0) is 24.3 Å². The summed E-state index contributed by atoms with van der Waals surface area (Å²) in [5.74, 6) is 0.0383. The summed E-state index contributed by atoms with van der Waals surface area (Å²) in [4.78, 5) is 25.9. The molecule has 0 aliphatic rings. The Hall–Kier alpha value is -2.53. The van der Waals surface area contributed by atoms with E-state index in [4.69, 9.17) is 61.0 Å². The van der Waals surface area contributed by atoms with E-state index in [1.54, 1.807) is 24.5 Å². The van der Waals surface area contributed by atoms with E-state index in [1.165, 1.54) is 34.9 Å². The predicted molar refractivity (Wildman–Crippen MR) is 129 cm³/mol. The zero-order chi connectivity index (χ0) is 23.5. The summed E-state index contributed by atoms with van der Waals surface area (Å²) in [7, 11) is 0. The Morgan fingerprint density at radius 1 is 1.21 bits per heavy atom. The second-order valence-electron chi connectivity index (χ2n) is 6.44. The molecule has 0 spiro atoms. The highest BCUT2D eigenvalue weighted by Gasteiger charge is 2.20. The van der Waals surface area contributed by atoms with E-state index in [1.807, 2.05) is 0 Å². The molecule has 0 unspecified atom stereocenters. The van der Waals surface area contributed by atoms with Crippen molar-refractivity contribution in [2.75, 3.05) is 0 Å². The standard InChI is InChI=1S/C20H11Cl4N5O3S/c21-9-4-11-16(13(23)5-9)29-18(32-19(11)30)14(28-17-12(22)2-1-3-26-17)6-15(25)31-8-10-7-27-20(24)33-10/h1-7,25H,8H2,(H,26,28)/p+1. The first-order valence-corrected chi connectivity index (χ1v) is 11.4. The van der Waals surface area contributed by atoms with Crippen LogP contribution in [0.2, 0.25) is 19.5 Å². The van der Waals surface area contributed by atoms with Crippen LogP contribution < -0.4 is 10.9 Å². The van der Waals surface area contributed by atoms with E-state index in [0.29, 0.717) is 15.3 Å². The van der Waals surface area contributed by atoms with Gasteiger partial charge in [0, 0.05) is 17.4 Å². The van der Waals surface area contributed by atoms with Crippen molar-refractivity contribution >= 4 is 86.1 Å². The third kappa shape index (κ3) is 5.70. The monoisotopic (exact) mass is 542 g/mol. The summed E-state index contributed by atoms with van der Waals surface area (Å²) in [5.41, 5.74) is -0.281. The van der Waals surface area contributed by atoms with Crippen LogP contribution in [0.5, 0.6) is 0 Å². The fourth-order valence-electron chi connectivity index (χ4n) is 2.72. The second kappa shape index (κ2) is 10.2. The number of rotatable bonds is 6. The summed E-state index contributed by atoms with van der Waals surface area (Å²) in [6.45, 7) is 0.0801. The minimum Gasteiger partial charge on any atom is -0.472 e. The number of hydrogen-bond acceptors (Lipinski definition) is 8. The van der Waals surface area contributed by atoms with Crippen molar-refractivity contribution in [2.45, 2.75) is 6.61 Å². The lowest BCUT2D eigenvalue weighted by atomic mass is 10.2. The lowest BCUT2D eigenvalue weighted by Gasteiger charge is -2.08. The average Bonchev–Trinajstić information content (AvgIpc) is 3.19. The summed E-state index contributed by atoms with van der Waals surface area (Å²) < 4.78 is 11.3. The van der Waals surface area contributed by atoms with Crippen LogP contribution >= 0.6 is 57.7 Å². The number of halogens is 4. The van der Waals surface area contributed by atoms with E-state index in [-0.39, 0.29) is 45.0 Å². The third-order valence-electron chi connectivity index (χ3n) is 4.16. The second-order valence-corrected chi connectivity index (χ2v) is 9.39. The Balaban J connectivity index is 1.73. The van der Waals surface area contributed by atoms with Gasteiger partial charge in [0.2, 0.25) is 17.4 Å². The molecule has 13 heteroatoms. The topological polar surface area (TPSA) is 119 Å². The number of quaternary nitrogens is 1. The van der Waals surface area contributed by atoms with Crippen molar-refractivity contribution in [3.63, 3.8) is 0 Å². The van der Waals surface area contributed by atoms with Gasteiger partial charge in [-0.15, -0.1) is 11.3 Å². The zero-order valence-corrected chi connectivity index (χ0v) is 20.2. The van der Waals surface area contributed by atoms with Crippen molar-refractivity contribution in [1.82, 2.24) is 15.0 Å². The Morgan fingerprint density at radius 3 is 2.76 bits per heavy atom. The molecule has 0 bridgehead atoms. The van der Waals surface area contributed by atoms with Crippen molar-refractivity contribution in [3.05, 3.63) is 83.5 Å². The minimum absolute atomic E-state index is 0.0801. The predicted octanol–water partition coefficient (Wildman–Crippen LogP) is 5.08. The molecule has 3 N–H and O–H groups in total. The highest BCUT2D eigenvalue weighted by molar-refractivity contribution is 7.15. The number of nitrogens with zero attached hydrogens (tertiary/aromatic N) is 3. The van der Waals surface area contributed by atoms with Crippen LogP contribution in [-0.2, 0) is 11.3 Å². The highest BCUT2D eigenvalue weighted by Crippen LogP contribution is 2.26. The molecule has 0 amide bonds. The van der Waals surface area contributed by atoms with Crippen molar-refractivity contribution in [1.29, 1.82) is 5.41 Å². The molecular formula is C20H12Cl4N5O3S+. The third-order valence-corrected chi connectivity index (χ3v) is 6.07. The van der Waals surface area contributed by atoms with Gasteiger partial charge in [0.1, 0.15) is 17.1 Å². The average molecular weight is 544 g/mol. The molecule has 0 aliphatic heterocycles. The molecule has 3 aromatic heterocycles. The molecular weight excluding hydrogens is 532 g/mol. The minimum atomic E-state index is -0.697. The molecule has 168 valence electrons. The number of ether oxygens (including phenoxy) is 1. The summed E-state index contributed by atoms with van der Waals surface area (Å²) >= 11 is 25.5. The van der Waals surface area contributed by atoms with E-state index >= 15 is 0 Å². The van der Waals surface area contributed by atoms with Crippen molar-refractivity contribution in [2.24, 2.45) is 0 Å². The number of nitrogens with two attached hydrogens (primary N) is 1. The smallest absolute Gasteiger partial charge is 0.347 e. The van der Waals surface area contributed by atoms with Crippen LogP contribution in [0.15, 0.2) is 51.9 Å². The van der Waals surface area contributed by atoms with E-state index in [9.17, 15) is 4.79 Å². The number of nitrogens with one attached hydrogen (secondary N) is 1. The number of fused-ring (bicyclic) bond motifs is 1. The molecule has 4 rings (SSSR count). The Kier molecular flexibility index (Phi) is 7.28. The number of pyridine rings is 1. The van der Waals surface area contributed by atoms with Crippen LogP contribution in [0.25, 0.3) is 16.6 Å². The fourth-order valence-corrected chi connectivity index (χ4v) is 4.33. The normalized spacial score (nSPS) is 11.7. The molecule has 8 nitrogen and oxygen atoms in total. The first-order chi connectivity index (χ1) is 15.8. The molecule has 3 heterocycles.